The van der Waals surface area contributed by atoms with Crippen molar-refractivity contribution < 1.29 is 14.3 Å². The number of hydrogen-bond donors (Lipinski definition) is 1. The van der Waals surface area contributed by atoms with Gasteiger partial charge >= 0.3 is 0 Å². The number of methoxy groups -OCH3 is 1. The van der Waals surface area contributed by atoms with Crippen molar-refractivity contribution >= 4 is 5.91 Å². The van der Waals surface area contributed by atoms with Crippen LogP contribution in [0.15, 0.2) is 24.3 Å². The smallest absolute Gasteiger partial charge is 0.236 e. The fourth-order valence-electron chi connectivity index (χ4n) is 2.37. The van der Waals surface area contributed by atoms with E-state index in [2.05, 4.69) is 5.32 Å². The lowest BCUT2D eigenvalue weighted by molar-refractivity contribution is -0.132. The fourth-order valence-corrected chi connectivity index (χ4v) is 2.37. The van der Waals surface area contributed by atoms with Crippen molar-refractivity contribution in [3.63, 3.8) is 0 Å². The molecule has 1 aliphatic rings. The quantitative estimate of drug-likeness (QED) is 0.792. The first-order chi connectivity index (χ1) is 10.7. The molecule has 1 aromatic rings. The monoisotopic (exact) mass is 307 g/mol. The predicted octanol–water partition coefficient (Wildman–Crippen LogP) is 0.438. The largest absolute Gasteiger partial charge is 0.493 e. The van der Waals surface area contributed by atoms with Crippen molar-refractivity contribution in [2.45, 2.75) is 0 Å². The van der Waals surface area contributed by atoms with Crippen LogP contribution in [-0.4, -0.2) is 75.7 Å². The van der Waals surface area contributed by atoms with Crippen molar-refractivity contribution in [1.82, 2.24) is 15.1 Å². The molecule has 1 fully saturated rings. The van der Waals surface area contributed by atoms with Gasteiger partial charge in [0.05, 0.1) is 13.7 Å². The highest BCUT2D eigenvalue weighted by atomic mass is 16.5. The number of carbonyl (C=O) groups excluding carboxylic acids is 1. The molecule has 122 valence electrons. The molecule has 0 aromatic heterocycles. The van der Waals surface area contributed by atoms with E-state index < -0.39 is 0 Å². The van der Waals surface area contributed by atoms with Gasteiger partial charge in [0.25, 0.3) is 0 Å². The van der Waals surface area contributed by atoms with E-state index in [-0.39, 0.29) is 5.91 Å². The van der Waals surface area contributed by atoms with Crippen molar-refractivity contribution in [1.29, 1.82) is 0 Å². The number of carbonyl (C=O) groups is 1. The molecule has 1 heterocycles. The molecular formula is C16H25N3O3. The van der Waals surface area contributed by atoms with Gasteiger partial charge in [-0.2, -0.15) is 0 Å². The summed E-state index contributed by atoms with van der Waals surface area (Å²) in [6, 6.07) is 7.57. The standard InChI is InChI=1S/C16H25N3O3/c1-18(13-16(20)19-9-7-17-8-10-19)11-12-22-15-6-4-3-5-14(15)21-2/h3-6,17H,7-13H2,1-2H3. The lowest BCUT2D eigenvalue weighted by atomic mass is 10.3. The maximum absolute atomic E-state index is 12.1. The first-order valence-electron chi connectivity index (χ1n) is 7.63. The Morgan fingerprint density at radius 1 is 1.27 bits per heavy atom. The first-order valence-corrected chi connectivity index (χ1v) is 7.63. The Labute approximate surface area is 132 Å². The van der Waals surface area contributed by atoms with Crippen molar-refractivity contribution in [2.75, 3.05) is 60.0 Å². The molecule has 1 saturated heterocycles. The maximum Gasteiger partial charge on any atom is 0.236 e. The summed E-state index contributed by atoms with van der Waals surface area (Å²) in [6.07, 6.45) is 0. The zero-order chi connectivity index (χ0) is 15.8. The third kappa shape index (κ3) is 4.89. The summed E-state index contributed by atoms with van der Waals surface area (Å²) in [5, 5.41) is 3.25. The molecular weight excluding hydrogens is 282 g/mol. The molecule has 0 saturated carbocycles. The minimum Gasteiger partial charge on any atom is -0.493 e. The van der Waals surface area contributed by atoms with E-state index in [9.17, 15) is 4.79 Å². The zero-order valence-electron chi connectivity index (χ0n) is 13.4. The third-order valence-corrected chi connectivity index (χ3v) is 3.67. The number of hydrogen-bond acceptors (Lipinski definition) is 5. The van der Waals surface area contributed by atoms with Crippen LogP contribution in [0.5, 0.6) is 11.5 Å². The highest BCUT2D eigenvalue weighted by Crippen LogP contribution is 2.25. The van der Waals surface area contributed by atoms with Crippen LogP contribution < -0.4 is 14.8 Å². The molecule has 1 aromatic carbocycles. The average molecular weight is 307 g/mol. The summed E-state index contributed by atoms with van der Waals surface area (Å²) in [4.78, 5) is 16.0. The van der Waals surface area contributed by atoms with Gasteiger partial charge in [-0.3, -0.25) is 9.69 Å². The molecule has 1 amide bonds. The van der Waals surface area contributed by atoms with Gasteiger partial charge in [-0.1, -0.05) is 12.1 Å². The molecule has 0 atom stereocenters. The van der Waals surface area contributed by atoms with Crippen LogP contribution in [0.25, 0.3) is 0 Å². The predicted molar refractivity (Wildman–Crippen MR) is 85.4 cm³/mol. The lowest BCUT2D eigenvalue weighted by Crippen LogP contribution is -2.49. The summed E-state index contributed by atoms with van der Waals surface area (Å²) in [5.74, 6) is 1.63. The molecule has 0 spiro atoms. The van der Waals surface area contributed by atoms with Gasteiger partial charge in [0.1, 0.15) is 6.61 Å². The minimum absolute atomic E-state index is 0.182. The van der Waals surface area contributed by atoms with E-state index in [1.807, 2.05) is 41.1 Å². The summed E-state index contributed by atoms with van der Waals surface area (Å²) in [6.45, 7) is 4.99. The number of para-hydroxylation sites is 2. The Bertz CT molecular complexity index is 475. The van der Waals surface area contributed by atoms with Gasteiger partial charge in [-0.05, 0) is 19.2 Å². The zero-order valence-corrected chi connectivity index (χ0v) is 13.4. The number of benzene rings is 1. The van der Waals surface area contributed by atoms with Gasteiger partial charge < -0.3 is 19.7 Å². The number of rotatable bonds is 7. The van der Waals surface area contributed by atoms with Crippen LogP contribution in [0.1, 0.15) is 0 Å². The number of nitrogens with one attached hydrogen (secondary N) is 1. The van der Waals surface area contributed by atoms with E-state index in [0.717, 1.165) is 37.7 Å². The summed E-state index contributed by atoms with van der Waals surface area (Å²) in [7, 11) is 3.56. The Kier molecular flexibility index (Phi) is 6.48. The SMILES string of the molecule is COc1ccccc1OCCN(C)CC(=O)N1CCNCC1. The van der Waals surface area contributed by atoms with Gasteiger partial charge in [0, 0.05) is 32.7 Å². The molecule has 1 N–H and O–H groups in total. The number of nitrogens with zero attached hydrogens (tertiary/aromatic N) is 2. The normalized spacial score (nSPS) is 15.0. The van der Waals surface area contributed by atoms with E-state index in [4.69, 9.17) is 9.47 Å². The molecule has 0 radical (unpaired) electrons. The summed E-state index contributed by atoms with van der Waals surface area (Å²) < 4.78 is 11.0. The van der Waals surface area contributed by atoms with Gasteiger partial charge in [-0.15, -0.1) is 0 Å². The van der Waals surface area contributed by atoms with Crippen LogP contribution in [0, 0.1) is 0 Å². The van der Waals surface area contributed by atoms with E-state index in [1.54, 1.807) is 7.11 Å². The molecule has 2 rings (SSSR count). The first kappa shape index (κ1) is 16.6. The van der Waals surface area contributed by atoms with Crippen LogP contribution in [0.2, 0.25) is 0 Å². The second kappa shape index (κ2) is 8.60. The lowest BCUT2D eigenvalue weighted by Gasteiger charge is -2.29. The molecule has 6 nitrogen and oxygen atoms in total. The third-order valence-electron chi connectivity index (χ3n) is 3.67. The summed E-state index contributed by atoms with van der Waals surface area (Å²) >= 11 is 0. The fraction of sp³-hybridized carbons (Fsp3) is 0.562. The van der Waals surface area contributed by atoms with Gasteiger partial charge in [0.15, 0.2) is 11.5 Å². The Balaban J connectivity index is 1.71. The molecule has 1 aliphatic heterocycles. The Morgan fingerprint density at radius 3 is 2.64 bits per heavy atom. The molecule has 0 unspecified atom stereocenters. The Morgan fingerprint density at radius 2 is 1.95 bits per heavy atom. The van der Waals surface area contributed by atoms with Crippen molar-refractivity contribution in [3.8, 4) is 11.5 Å². The van der Waals surface area contributed by atoms with E-state index >= 15 is 0 Å². The van der Waals surface area contributed by atoms with Crippen molar-refractivity contribution in [2.24, 2.45) is 0 Å². The molecule has 6 heteroatoms. The second-order valence-electron chi connectivity index (χ2n) is 5.37. The number of likely N-dealkylation sites (N-methyl/N-ethyl adjacent to an activating group) is 1. The van der Waals surface area contributed by atoms with Crippen LogP contribution >= 0.6 is 0 Å². The summed E-state index contributed by atoms with van der Waals surface area (Å²) in [5.41, 5.74) is 0. The van der Waals surface area contributed by atoms with E-state index in [1.165, 1.54) is 0 Å². The topological polar surface area (TPSA) is 54.0 Å². The highest BCUT2D eigenvalue weighted by Gasteiger charge is 2.17. The van der Waals surface area contributed by atoms with Crippen LogP contribution in [0.4, 0.5) is 0 Å². The van der Waals surface area contributed by atoms with Crippen LogP contribution in [0.3, 0.4) is 0 Å². The highest BCUT2D eigenvalue weighted by molar-refractivity contribution is 5.78. The molecule has 22 heavy (non-hydrogen) atoms. The second-order valence-corrected chi connectivity index (χ2v) is 5.37. The number of amides is 1. The molecule has 0 aliphatic carbocycles. The number of ether oxygens (including phenoxy) is 2. The number of piperazine rings is 1. The minimum atomic E-state index is 0.182. The van der Waals surface area contributed by atoms with Crippen LogP contribution in [-0.2, 0) is 4.79 Å². The van der Waals surface area contributed by atoms with E-state index in [0.29, 0.717) is 19.7 Å². The maximum atomic E-state index is 12.1. The van der Waals surface area contributed by atoms with Gasteiger partial charge in [-0.25, -0.2) is 0 Å². The van der Waals surface area contributed by atoms with Gasteiger partial charge in [0.2, 0.25) is 5.91 Å². The Hall–Kier alpha value is -1.79. The van der Waals surface area contributed by atoms with Crippen molar-refractivity contribution in [3.05, 3.63) is 24.3 Å². The average Bonchev–Trinajstić information content (AvgIpc) is 2.56. The molecule has 0 bridgehead atoms.